The predicted octanol–water partition coefficient (Wildman–Crippen LogP) is 3.83. The lowest BCUT2D eigenvalue weighted by molar-refractivity contribution is -0.121. The summed E-state index contributed by atoms with van der Waals surface area (Å²) in [5, 5.41) is 8.02. The van der Waals surface area contributed by atoms with Crippen LogP contribution in [0.25, 0.3) is 0 Å². The van der Waals surface area contributed by atoms with Crippen molar-refractivity contribution in [1.82, 2.24) is 5.32 Å². The minimum Gasteiger partial charge on any atom is -0.350 e. The molecule has 24 heavy (non-hydrogen) atoms. The van der Waals surface area contributed by atoms with Gasteiger partial charge >= 0.3 is 0 Å². The fraction of sp³-hybridized carbons (Fsp3) is 0.368. The highest BCUT2D eigenvalue weighted by molar-refractivity contribution is 7.09. The minimum atomic E-state index is -0.0258. The van der Waals surface area contributed by atoms with Crippen LogP contribution in [0.3, 0.4) is 0 Å². The summed E-state index contributed by atoms with van der Waals surface area (Å²) in [4.78, 5) is 24.9. The van der Waals surface area contributed by atoms with E-state index in [9.17, 15) is 9.59 Å². The molecule has 4 nitrogen and oxygen atoms in total. The lowest BCUT2D eigenvalue weighted by Gasteiger charge is -2.20. The summed E-state index contributed by atoms with van der Waals surface area (Å²) in [6, 6.07) is 10.1. The van der Waals surface area contributed by atoms with Crippen molar-refractivity contribution < 1.29 is 9.59 Å². The van der Waals surface area contributed by atoms with Crippen LogP contribution in [0, 0.1) is 0 Å². The Balaban J connectivity index is 1.51. The molecule has 0 radical (unpaired) electrons. The van der Waals surface area contributed by atoms with Crippen LogP contribution >= 0.6 is 11.3 Å². The van der Waals surface area contributed by atoms with Crippen LogP contribution in [0.4, 0.5) is 5.69 Å². The van der Waals surface area contributed by atoms with Gasteiger partial charge in [0.1, 0.15) is 0 Å². The van der Waals surface area contributed by atoms with Gasteiger partial charge in [0, 0.05) is 23.4 Å². The summed E-state index contributed by atoms with van der Waals surface area (Å²) in [5.74, 6) is 0.160. The highest BCUT2D eigenvalue weighted by Gasteiger charge is 2.17. The van der Waals surface area contributed by atoms with Crippen molar-refractivity contribution >= 4 is 28.8 Å². The molecule has 1 aromatic heterocycles. The number of rotatable bonds is 6. The fourth-order valence-corrected chi connectivity index (χ4v) is 3.70. The van der Waals surface area contributed by atoms with E-state index in [0.717, 1.165) is 36.1 Å². The van der Waals surface area contributed by atoms with Gasteiger partial charge < -0.3 is 10.6 Å². The van der Waals surface area contributed by atoms with Gasteiger partial charge in [-0.1, -0.05) is 18.2 Å². The van der Waals surface area contributed by atoms with Crippen LogP contribution in [0.1, 0.15) is 48.2 Å². The molecule has 1 atom stereocenters. The number of hydrogen-bond acceptors (Lipinski definition) is 3. The Hall–Kier alpha value is -2.14. The fourth-order valence-electron chi connectivity index (χ4n) is 2.95. The molecular weight excluding hydrogens is 320 g/mol. The second-order valence-electron chi connectivity index (χ2n) is 6.19. The number of nitrogens with one attached hydrogen (secondary N) is 2. The molecule has 1 aromatic carbocycles. The van der Waals surface area contributed by atoms with Gasteiger partial charge in [0.25, 0.3) is 0 Å². The third-order valence-electron chi connectivity index (χ3n) is 4.31. The molecule has 1 unspecified atom stereocenters. The van der Waals surface area contributed by atoms with Crippen LogP contribution in [0.15, 0.2) is 35.7 Å². The number of aryl methyl sites for hydroxylation is 2. The van der Waals surface area contributed by atoms with Gasteiger partial charge in [-0.05, 0) is 54.8 Å². The second-order valence-corrected chi connectivity index (χ2v) is 7.22. The van der Waals surface area contributed by atoms with E-state index < -0.39 is 0 Å². The largest absolute Gasteiger partial charge is 0.350 e. The molecule has 0 spiro atoms. The van der Waals surface area contributed by atoms with Crippen molar-refractivity contribution in [2.45, 2.75) is 45.1 Å². The molecule has 0 aliphatic carbocycles. The molecular formula is C19H22N2O2S. The SMILES string of the molecule is CC(NC(=O)CCCc1cccs1)c1ccc2c(c1)CCC(=O)N2. The van der Waals surface area contributed by atoms with Crippen molar-refractivity contribution in [2.24, 2.45) is 0 Å². The first-order valence-electron chi connectivity index (χ1n) is 8.36. The molecule has 0 saturated heterocycles. The third-order valence-corrected chi connectivity index (χ3v) is 5.25. The summed E-state index contributed by atoms with van der Waals surface area (Å²) in [6.45, 7) is 2.00. The molecule has 1 aliphatic heterocycles. The van der Waals surface area contributed by atoms with Gasteiger partial charge in [-0.2, -0.15) is 0 Å². The van der Waals surface area contributed by atoms with E-state index in [1.807, 2.05) is 25.1 Å². The van der Waals surface area contributed by atoms with E-state index in [-0.39, 0.29) is 17.9 Å². The first kappa shape index (κ1) is 16.7. The Kier molecular flexibility index (Phi) is 5.30. The summed E-state index contributed by atoms with van der Waals surface area (Å²) in [6.07, 6.45) is 3.66. The Bertz CT molecular complexity index is 725. The van der Waals surface area contributed by atoms with Crippen molar-refractivity contribution in [1.29, 1.82) is 0 Å². The molecule has 1 aliphatic rings. The zero-order valence-electron chi connectivity index (χ0n) is 13.8. The van der Waals surface area contributed by atoms with E-state index in [1.165, 1.54) is 4.88 Å². The zero-order valence-corrected chi connectivity index (χ0v) is 14.6. The number of thiophene rings is 1. The Morgan fingerprint density at radius 3 is 3.00 bits per heavy atom. The molecule has 3 rings (SSSR count). The van der Waals surface area contributed by atoms with Gasteiger partial charge in [-0.3, -0.25) is 9.59 Å². The maximum Gasteiger partial charge on any atom is 0.224 e. The Labute approximate surface area is 146 Å². The van der Waals surface area contributed by atoms with E-state index >= 15 is 0 Å². The van der Waals surface area contributed by atoms with Crippen LogP contribution in [-0.2, 0) is 22.4 Å². The van der Waals surface area contributed by atoms with Gasteiger partial charge in [0.05, 0.1) is 6.04 Å². The maximum atomic E-state index is 12.1. The summed E-state index contributed by atoms with van der Waals surface area (Å²) >= 11 is 1.74. The molecule has 0 saturated carbocycles. The number of carbonyl (C=O) groups excluding carboxylic acids is 2. The third kappa shape index (κ3) is 4.23. The molecule has 2 amide bonds. The summed E-state index contributed by atoms with van der Waals surface area (Å²) in [7, 11) is 0. The molecule has 2 heterocycles. The normalized spacial score (nSPS) is 14.6. The van der Waals surface area contributed by atoms with Gasteiger partial charge in [0.15, 0.2) is 0 Å². The van der Waals surface area contributed by atoms with Crippen molar-refractivity contribution in [3.63, 3.8) is 0 Å². The highest BCUT2D eigenvalue weighted by atomic mass is 32.1. The smallest absolute Gasteiger partial charge is 0.224 e. The molecule has 126 valence electrons. The number of benzene rings is 1. The topological polar surface area (TPSA) is 58.2 Å². The minimum absolute atomic E-state index is 0.0258. The highest BCUT2D eigenvalue weighted by Crippen LogP contribution is 2.26. The average molecular weight is 342 g/mol. The predicted molar refractivity (Wildman–Crippen MR) is 97.2 cm³/mol. The number of anilines is 1. The quantitative estimate of drug-likeness (QED) is 0.838. The van der Waals surface area contributed by atoms with Crippen LogP contribution < -0.4 is 10.6 Å². The average Bonchev–Trinajstić information content (AvgIpc) is 3.07. The van der Waals surface area contributed by atoms with Crippen LogP contribution in [-0.4, -0.2) is 11.8 Å². The number of amides is 2. The number of hydrogen-bond donors (Lipinski definition) is 2. The number of fused-ring (bicyclic) bond motifs is 1. The van der Waals surface area contributed by atoms with Crippen LogP contribution in [0.2, 0.25) is 0 Å². The van der Waals surface area contributed by atoms with Crippen molar-refractivity contribution in [2.75, 3.05) is 5.32 Å². The summed E-state index contributed by atoms with van der Waals surface area (Å²) < 4.78 is 0. The lowest BCUT2D eigenvalue weighted by Crippen LogP contribution is -2.27. The van der Waals surface area contributed by atoms with E-state index in [2.05, 4.69) is 28.1 Å². The van der Waals surface area contributed by atoms with E-state index in [1.54, 1.807) is 11.3 Å². The van der Waals surface area contributed by atoms with Gasteiger partial charge in [-0.15, -0.1) is 11.3 Å². The van der Waals surface area contributed by atoms with Gasteiger partial charge in [-0.25, -0.2) is 0 Å². The maximum absolute atomic E-state index is 12.1. The second kappa shape index (κ2) is 7.62. The molecule has 0 bridgehead atoms. The van der Waals surface area contributed by atoms with E-state index in [0.29, 0.717) is 12.8 Å². The molecule has 0 fully saturated rings. The van der Waals surface area contributed by atoms with Crippen molar-refractivity contribution in [3.05, 3.63) is 51.7 Å². The zero-order chi connectivity index (χ0) is 16.9. The molecule has 2 aromatic rings. The first-order chi connectivity index (χ1) is 11.6. The standard InChI is InChI=1S/C19H22N2O2S/c1-13(20-18(22)6-2-4-16-5-3-11-24-16)14-7-9-17-15(12-14)8-10-19(23)21-17/h3,5,7,9,11-13H,2,4,6,8,10H2,1H3,(H,20,22)(H,21,23). The monoisotopic (exact) mass is 342 g/mol. The first-order valence-corrected chi connectivity index (χ1v) is 9.24. The van der Waals surface area contributed by atoms with Crippen molar-refractivity contribution in [3.8, 4) is 0 Å². The van der Waals surface area contributed by atoms with E-state index in [4.69, 9.17) is 0 Å². The molecule has 5 heteroatoms. The molecule has 2 N–H and O–H groups in total. The Morgan fingerprint density at radius 2 is 2.21 bits per heavy atom. The number of carbonyl (C=O) groups is 2. The summed E-state index contributed by atoms with van der Waals surface area (Å²) in [5.41, 5.74) is 3.12. The van der Waals surface area contributed by atoms with Gasteiger partial charge in [0.2, 0.25) is 11.8 Å². The lowest BCUT2D eigenvalue weighted by atomic mass is 9.97. The Morgan fingerprint density at radius 1 is 1.33 bits per heavy atom. The van der Waals surface area contributed by atoms with Crippen LogP contribution in [0.5, 0.6) is 0 Å².